The summed E-state index contributed by atoms with van der Waals surface area (Å²) in [4.78, 5) is 0. The predicted octanol–water partition coefficient (Wildman–Crippen LogP) is 1.50. The van der Waals surface area contributed by atoms with E-state index in [1.165, 1.54) is 0 Å². The second-order valence-electron chi connectivity index (χ2n) is 1.78. The lowest BCUT2D eigenvalue weighted by Crippen LogP contribution is -2.03. The Kier molecular flexibility index (Phi) is 4.60. The van der Waals surface area contributed by atoms with Gasteiger partial charge in [0.1, 0.15) is 0 Å². The third kappa shape index (κ3) is 8.49. The summed E-state index contributed by atoms with van der Waals surface area (Å²) in [6.45, 7) is 1.78. The van der Waals surface area contributed by atoms with E-state index in [2.05, 4.69) is 4.18 Å². The van der Waals surface area contributed by atoms with Crippen LogP contribution in [-0.2, 0) is 13.5 Å². The molecular formula is C4H8Cl2O3S. The Bertz CT molecular complexity index is 175. The van der Waals surface area contributed by atoms with Gasteiger partial charge in [0.15, 0.2) is 0 Å². The van der Waals surface area contributed by atoms with Gasteiger partial charge in [-0.25, -0.2) is 0 Å². The van der Waals surface area contributed by atoms with Crippen molar-refractivity contribution < 1.29 is 12.6 Å². The highest BCUT2D eigenvalue weighted by Crippen LogP contribution is 2.04. The first-order valence-electron chi connectivity index (χ1n) is 2.65. The first-order valence-corrected chi connectivity index (χ1v) is 5.32. The molecular weight excluding hydrogens is 199 g/mol. The van der Waals surface area contributed by atoms with Gasteiger partial charge in [0.25, 0.3) is 0 Å². The average Bonchev–Trinajstić information content (AvgIpc) is 1.59. The van der Waals surface area contributed by atoms with Crippen LogP contribution in [0.4, 0.5) is 0 Å². The fourth-order valence-corrected chi connectivity index (χ4v) is 0.883. The van der Waals surface area contributed by atoms with Crippen LogP contribution in [0.1, 0.15) is 13.3 Å². The highest BCUT2D eigenvalue weighted by Gasteiger charge is 2.05. The second kappa shape index (κ2) is 4.38. The molecule has 3 nitrogen and oxygen atoms in total. The molecule has 0 aromatic rings. The predicted molar refractivity (Wildman–Crippen MR) is 40.7 cm³/mol. The Hall–Kier alpha value is 0.490. The molecule has 0 heterocycles. The number of halogens is 2. The van der Waals surface area contributed by atoms with Crippen molar-refractivity contribution in [2.24, 2.45) is 0 Å². The van der Waals surface area contributed by atoms with Crippen LogP contribution in [0, 0.1) is 0 Å². The molecule has 0 rings (SSSR count). The number of rotatable bonds is 4. The minimum atomic E-state index is -3.81. The third-order valence-electron chi connectivity index (χ3n) is 0.740. The maximum Gasteiger partial charge on any atom is 0.355 e. The maximum absolute atomic E-state index is 10.1. The van der Waals surface area contributed by atoms with Gasteiger partial charge in [-0.3, -0.25) is 4.18 Å². The van der Waals surface area contributed by atoms with E-state index in [4.69, 9.17) is 22.3 Å². The summed E-state index contributed by atoms with van der Waals surface area (Å²) in [5, 5.41) is -0.0987. The first-order chi connectivity index (χ1) is 4.42. The van der Waals surface area contributed by atoms with E-state index in [1.54, 1.807) is 6.92 Å². The Morgan fingerprint density at radius 3 is 2.40 bits per heavy atom. The van der Waals surface area contributed by atoms with Gasteiger partial charge in [-0.05, 0) is 13.3 Å². The second-order valence-corrected chi connectivity index (χ2v) is 4.69. The molecule has 0 radical (unpaired) electrons. The van der Waals surface area contributed by atoms with Gasteiger partial charge in [0.05, 0.1) is 6.61 Å². The number of hydrogen-bond donors (Lipinski definition) is 0. The lowest BCUT2D eigenvalue weighted by atomic mass is 10.4. The van der Waals surface area contributed by atoms with Crippen LogP contribution in [0.5, 0.6) is 0 Å². The smallest absolute Gasteiger partial charge is 0.258 e. The van der Waals surface area contributed by atoms with Crippen LogP contribution in [-0.4, -0.2) is 20.4 Å². The minimum absolute atomic E-state index is 0.0382. The Morgan fingerprint density at radius 2 is 2.10 bits per heavy atom. The largest absolute Gasteiger partial charge is 0.355 e. The summed E-state index contributed by atoms with van der Waals surface area (Å²) >= 11 is 5.49. The topological polar surface area (TPSA) is 43.4 Å². The van der Waals surface area contributed by atoms with Crippen LogP contribution in [0.3, 0.4) is 0 Å². The van der Waals surface area contributed by atoms with Crippen molar-refractivity contribution in [1.82, 2.24) is 0 Å². The Labute approximate surface area is 69.9 Å². The summed E-state index contributed by atoms with van der Waals surface area (Å²) in [6, 6.07) is 0. The van der Waals surface area contributed by atoms with Crippen LogP contribution < -0.4 is 0 Å². The summed E-state index contributed by atoms with van der Waals surface area (Å²) in [5.74, 6) is 0. The first kappa shape index (κ1) is 10.5. The summed E-state index contributed by atoms with van der Waals surface area (Å²) in [7, 11) is 0.917. The number of alkyl halides is 1. The van der Waals surface area contributed by atoms with Gasteiger partial charge in [-0.15, -0.1) is 11.6 Å². The third-order valence-corrected chi connectivity index (χ3v) is 1.67. The standard InChI is InChI=1S/C4H8Cl2O3S/c1-4(5)2-3-9-10(6,7)8/h4H,2-3H2,1H3. The molecule has 0 aromatic carbocycles. The molecule has 0 aliphatic rings. The summed E-state index contributed by atoms with van der Waals surface area (Å²) < 4.78 is 24.4. The van der Waals surface area contributed by atoms with Crippen LogP contribution in [0.15, 0.2) is 0 Å². The highest BCUT2D eigenvalue weighted by molar-refractivity contribution is 8.09. The van der Waals surface area contributed by atoms with Crippen LogP contribution >= 0.6 is 22.3 Å². The average molecular weight is 207 g/mol. The van der Waals surface area contributed by atoms with E-state index in [1.807, 2.05) is 0 Å². The highest BCUT2D eigenvalue weighted by atomic mass is 35.7. The van der Waals surface area contributed by atoms with Gasteiger partial charge >= 0.3 is 9.33 Å². The molecule has 0 aliphatic carbocycles. The molecule has 0 spiro atoms. The zero-order valence-corrected chi connectivity index (χ0v) is 7.71. The van der Waals surface area contributed by atoms with Crippen molar-refractivity contribution in [2.45, 2.75) is 18.7 Å². The molecule has 0 aliphatic heterocycles. The zero-order valence-electron chi connectivity index (χ0n) is 5.38. The van der Waals surface area contributed by atoms with Gasteiger partial charge < -0.3 is 0 Å². The molecule has 1 atom stereocenters. The van der Waals surface area contributed by atoms with E-state index in [0.29, 0.717) is 6.42 Å². The zero-order chi connectivity index (χ0) is 8.20. The Balaban J connectivity index is 3.39. The fourth-order valence-electron chi connectivity index (χ4n) is 0.310. The van der Waals surface area contributed by atoms with Crippen molar-refractivity contribution >= 4 is 31.6 Å². The monoisotopic (exact) mass is 206 g/mol. The lowest BCUT2D eigenvalue weighted by molar-refractivity contribution is 0.321. The summed E-state index contributed by atoms with van der Waals surface area (Å²) in [5.41, 5.74) is 0. The molecule has 0 N–H and O–H groups in total. The SMILES string of the molecule is CC(Cl)CCOS(=O)(=O)Cl. The van der Waals surface area contributed by atoms with Gasteiger partial charge in [-0.2, -0.15) is 8.42 Å². The summed E-state index contributed by atoms with van der Waals surface area (Å²) in [6.07, 6.45) is 0.466. The van der Waals surface area contributed by atoms with Crippen LogP contribution in [0.2, 0.25) is 0 Å². The van der Waals surface area contributed by atoms with E-state index in [-0.39, 0.29) is 12.0 Å². The van der Waals surface area contributed by atoms with Crippen molar-refractivity contribution in [3.8, 4) is 0 Å². The molecule has 0 bridgehead atoms. The molecule has 0 saturated heterocycles. The van der Waals surface area contributed by atoms with Crippen LogP contribution in [0.25, 0.3) is 0 Å². The minimum Gasteiger partial charge on any atom is -0.258 e. The van der Waals surface area contributed by atoms with Crippen molar-refractivity contribution in [2.75, 3.05) is 6.61 Å². The Morgan fingerprint density at radius 1 is 1.60 bits per heavy atom. The molecule has 62 valence electrons. The van der Waals surface area contributed by atoms with Crippen molar-refractivity contribution in [1.29, 1.82) is 0 Å². The lowest BCUT2D eigenvalue weighted by Gasteiger charge is -1.99. The van der Waals surface area contributed by atoms with Gasteiger partial charge in [0.2, 0.25) is 0 Å². The quantitative estimate of drug-likeness (QED) is 0.518. The maximum atomic E-state index is 10.1. The molecule has 0 saturated carbocycles. The molecule has 0 aromatic heterocycles. The van der Waals surface area contributed by atoms with Crippen molar-refractivity contribution in [3.63, 3.8) is 0 Å². The van der Waals surface area contributed by atoms with Crippen molar-refractivity contribution in [3.05, 3.63) is 0 Å². The van der Waals surface area contributed by atoms with E-state index in [0.717, 1.165) is 0 Å². The van der Waals surface area contributed by atoms with Gasteiger partial charge in [-0.1, -0.05) is 0 Å². The molecule has 1 unspecified atom stereocenters. The molecule has 0 fully saturated rings. The van der Waals surface area contributed by atoms with Gasteiger partial charge in [0, 0.05) is 16.1 Å². The molecule has 0 amide bonds. The van der Waals surface area contributed by atoms with E-state index < -0.39 is 9.33 Å². The van der Waals surface area contributed by atoms with E-state index >= 15 is 0 Å². The fraction of sp³-hybridized carbons (Fsp3) is 1.00. The normalized spacial score (nSPS) is 15.1. The molecule has 6 heteroatoms. The molecule has 10 heavy (non-hydrogen) atoms. The van der Waals surface area contributed by atoms with E-state index in [9.17, 15) is 8.42 Å². The number of hydrogen-bond acceptors (Lipinski definition) is 3.